The summed E-state index contributed by atoms with van der Waals surface area (Å²) >= 11 is 5.96. The topological polar surface area (TPSA) is 35.6 Å². The number of carbonyl (C=O) groups excluding carboxylic acids is 1. The maximum absolute atomic E-state index is 12.4. The molecule has 0 bridgehead atoms. The van der Waals surface area contributed by atoms with E-state index in [1.165, 1.54) is 0 Å². The Balaban J connectivity index is 1.52. The fourth-order valence-electron chi connectivity index (χ4n) is 3.43. The molecule has 1 aliphatic heterocycles. The van der Waals surface area contributed by atoms with Crippen LogP contribution >= 0.6 is 11.6 Å². The van der Waals surface area contributed by atoms with Gasteiger partial charge in [0, 0.05) is 49.4 Å². The summed E-state index contributed by atoms with van der Waals surface area (Å²) in [4.78, 5) is 17.2. The number of anilines is 1. The van der Waals surface area contributed by atoms with Gasteiger partial charge in [0.05, 0.1) is 0 Å². The van der Waals surface area contributed by atoms with Crippen LogP contribution in [0.1, 0.15) is 19.8 Å². The van der Waals surface area contributed by atoms with Crippen LogP contribution in [0.2, 0.25) is 5.02 Å². The van der Waals surface area contributed by atoms with Gasteiger partial charge in [0.2, 0.25) is 5.91 Å². The Morgan fingerprint density at radius 2 is 1.78 bits per heavy atom. The average Bonchev–Trinajstić information content (AvgIpc) is 2.67. The van der Waals surface area contributed by atoms with Crippen LogP contribution in [0.25, 0.3) is 11.1 Å². The van der Waals surface area contributed by atoms with E-state index in [4.69, 9.17) is 11.6 Å². The monoisotopic (exact) mass is 385 g/mol. The van der Waals surface area contributed by atoms with Gasteiger partial charge in [0.15, 0.2) is 0 Å². The van der Waals surface area contributed by atoms with E-state index in [-0.39, 0.29) is 5.91 Å². The lowest BCUT2D eigenvalue weighted by Crippen LogP contribution is -2.48. The third-order valence-corrected chi connectivity index (χ3v) is 5.53. The van der Waals surface area contributed by atoms with Crippen molar-refractivity contribution in [3.63, 3.8) is 0 Å². The molecule has 1 unspecified atom stereocenters. The van der Waals surface area contributed by atoms with Crippen LogP contribution in [-0.2, 0) is 4.79 Å². The Labute approximate surface area is 167 Å². The van der Waals surface area contributed by atoms with Crippen LogP contribution in [0.5, 0.6) is 0 Å². The lowest BCUT2D eigenvalue weighted by molar-refractivity contribution is -0.116. The van der Waals surface area contributed by atoms with Crippen LogP contribution in [0.15, 0.2) is 48.5 Å². The summed E-state index contributed by atoms with van der Waals surface area (Å²) in [5.74, 6) is 0.0734. The smallest absolute Gasteiger partial charge is 0.224 e. The molecule has 1 amide bonds. The first-order valence-corrected chi connectivity index (χ1v) is 9.97. The van der Waals surface area contributed by atoms with Crippen molar-refractivity contribution in [3.05, 3.63) is 53.6 Å². The number of benzene rings is 2. The first kappa shape index (κ1) is 19.9. The van der Waals surface area contributed by atoms with Crippen molar-refractivity contribution >= 4 is 23.2 Å². The van der Waals surface area contributed by atoms with Gasteiger partial charge >= 0.3 is 0 Å². The molecule has 0 spiro atoms. The van der Waals surface area contributed by atoms with E-state index in [9.17, 15) is 4.79 Å². The fourth-order valence-corrected chi connectivity index (χ4v) is 3.55. The summed E-state index contributed by atoms with van der Waals surface area (Å²) in [5, 5.41) is 3.76. The van der Waals surface area contributed by atoms with Gasteiger partial charge in [-0.2, -0.15) is 0 Å². The number of rotatable bonds is 6. The molecule has 0 aromatic heterocycles. The lowest BCUT2D eigenvalue weighted by Gasteiger charge is -2.36. The molecule has 3 rings (SSSR count). The zero-order chi connectivity index (χ0) is 19.2. The number of halogens is 1. The summed E-state index contributed by atoms with van der Waals surface area (Å²) in [7, 11) is 2.16. The predicted molar refractivity (Wildman–Crippen MR) is 113 cm³/mol. The zero-order valence-corrected chi connectivity index (χ0v) is 16.9. The molecule has 2 aromatic carbocycles. The summed E-state index contributed by atoms with van der Waals surface area (Å²) in [5.41, 5.74) is 2.98. The zero-order valence-electron chi connectivity index (χ0n) is 16.1. The second-order valence-electron chi connectivity index (χ2n) is 7.36. The third-order valence-electron chi connectivity index (χ3n) is 5.27. The molecular formula is C22H28ClN3O. The van der Waals surface area contributed by atoms with E-state index in [0.29, 0.717) is 12.5 Å². The highest BCUT2D eigenvalue weighted by Crippen LogP contribution is 2.24. The molecule has 0 saturated carbocycles. The van der Waals surface area contributed by atoms with Crippen molar-refractivity contribution in [3.8, 4) is 11.1 Å². The van der Waals surface area contributed by atoms with E-state index >= 15 is 0 Å². The molecule has 1 atom stereocenters. The first-order valence-electron chi connectivity index (χ1n) is 9.60. The molecule has 1 saturated heterocycles. The van der Waals surface area contributed by atoms with Gasteiger partial charge in [-0.15, -0.1) is 0 Å². The minimum Gasteiger partial charge on any atom is -0.326 e. The summed E-state index contributed by atoms with van der Waals surface area (Å²) in [6, 6.07) is 16.1. The van der Waals surface area contributed by atoms with Crippen molar-refractivity contribution in [2.75, 3.05) is 38.5 Å². The third kappa shape index (κ3) is 5.80. The van der Waals surface area contributed by atoms with Crippen LogP contribution in [0.3, 0.4) is 0 Å². The lowest BCUT2D eigenvalue weighted by atomic mass is 10.1. The predicted octanol–water partition coefficient (Wildman–Crippen LogP) is 4.36. The highest BCUT2D eigenvalue weighted by atomic mass is 35.5. The normalized spacial score (nSPS) is 16.9. The minimum absolute atomic E-state index is 0.0734. The van der Waals surface area contributed by atoms with Crippen LogP contribution in [-0.4, -0.2) is 55.0 Å². The fraction of sp³-hybridized carbons (Fsp3) is 0.409. The molecule has 4 nitrogen and oxygen atoms in total. The van der Waals surface area contributed by atoms with E-state index in [2.05, 4.69) is 29.1 Å². The Kier molecular flexibility index (Phi) is 6.89. The van der Waals surface area contributed by atoms with E-state index in [1.807, 2.05) is 48.5 Å². The average molecular weight is 386 g/mol. The first-order chi connectivity index (χ1) is 13.0. The highest BCUT2D eigenvalue weighted by Gasteiger charge is 2.19. The van der Waals surface area contributed by atoms with E-state index < -0.39 is 0 Å². The van der Waals surface area contributed by atoms with E-state index in [1.54, 1.807) is 0 Å². The molecule has 1 heterocycles. The van der Waals surface area contributed by atoms with Gasteiger partial charge < -0.3 is 10.2 Å². The number of hydrogen-bond acceptors (Lipinski definition) is 3. The number of nitrogens with one attached hydrogen (secondary N) is 1. The minimum atomic E-state index is 0.0734. The van der Waals surface area contributed by atoms with Gasteiger partial charge in [0.1, 0.15) is 0 Å². The van der Waals surface area contributed by atoms with Crippen molar-refractivity contribution in [2.24, 2.45) is 0 Å². The molecule has 0 aliphatic carbocycles. The maximum Gasteiger partial charge on any atom is 0.224 e. The van der Waals surface area contributed by atoms with Crippen molar-refractivity contribution < 1.29 is 4.79 Å². The molecule has 27 heavy (non-hydrogen) atoms. The quantitative estimate of drug-likeness (QED) is 0.802. The Morgan fingerprint density at radius 1 is 1.07 bits per heavy atom. The van der Waals surface area contributed by atoms with Crippen molar-refractivity contribution in [2.45, 2.75) is 25.8 Å². The number of likely N-dealkylation sites (N-methyl/N-ethyl adjacent to an activating group) is 1. The SMILES string of the molecule is CC(CCC(=O)Nc1cccc(-c2ccc(Cl)cc2)c1)N1CCN(C)CC1. The largest absolute Gasteiger partial charge is 0.326 e. The second-order valence-corrected chi connectivity index (χ2v) is 7.80. The van der Waals surface area contributed by atoms with Gasteiger partial charge in [0.25, 0.3) is 0 Å². The number of amides is 1. The van der Waals surface area contributed by atoms with Crippen LogP contribution in [0.4, 0.5) is 5.69 Å². The molecule has 144 valence electrons. The molecular weight excluding hydrogens is 358 g/mol. The molecule has 5 heteroatoms. The molecule has 1 N–H and O–H groups in total. The Morgan fingerprint density at radius 3 is 2.48 bits per heavy atom. The summed E-state index contributed by atoms with van der Waals surface area (Å²) in [6.07, 6.45) is 1.42. The number of piperazine rings is 1. The number of nitrogens with zero attached hydrogens (tertiary/aromatic N) is 2. The second kappa shape index (κ2) is 9.36. The number of hydrogen-bond donors (Lipinski definition) is 1. The maximum atomic E-state index is 12.4. The molecule has 0 radical (unpaired) electrons. The number of carbonyl (C=O) groups is 1. The van der Waals surface area contributed by atoms with Crippen molar-refractivity contribution in [1.29, 1.82) is 0 Å². The van der Waals surface area contributed by atoms with Gasteiger partial charge in [-0.25, -0.2) is 0 Å². The van der Waals surface area contributed by atoms with Gasteiger partial charge in [-0.3, -0.25) is 9.69 Å². The highest BCUT2D eigenvalue weighted by molar-refractivity contribution is 6.30. The van der Waals surface area contributed by atoms with Crippen LogP contribution in [0, 0.1) is 0 Å². The Hall–Kier alpha value is -1.88. The summed E-state index contributed by atoms with van der Waals surface area (Å²) < 4.78 is 0. The van der Waals surface area contributed by atoms with Crippen molar-refractivity contribution in [1.82, 2.24) is 9.80 Å². The standard InChI is InChI=1S/C22H28ClN3O/c1-17(26-14-12-25(2)13-15-26)6-11-22(27)24-21-5-3-4-19(16-21)18-7-9-20(23)10-8-18/h3-5,7-10,16-17H,6,11-15H2,1-2H3,(H,24,27). The molecule has 1 aliphatic rings. The van der Waals surface area contributed by atoms with Gasteiger partial charge in [-0.1, -0.05) is 35.9 Å². The van der Waals surface area contributed by atoms with Gasteiger partial charge in [-0.05, 0) is 55.8 Å². The summed E-state index contributed by atoms with van der Waals surface area (Å²) in [6.45, 7) is 6.60. The Bertz CT molecular complexity index is 754. The molecule has 1 fully saturated rings. The van der Waals surface area contributed by atoms with Crippen LogP contribution < -0.4 is 5.32 Å². The van der Waals surface area contributed by atoms with E-state index in [0.717, 1.165) is 54.4 Å². The molecule has 2 aromatic rings.